The van der Waals surface area contributed by atoms with Crippen LogP contribution in [0.25, 0.3) is 11.1 Å². The van der Waals surface area contributed by atoms with Gasteiger partial charge in [0.2, 0.25) is 5.76 Å². The maximum atomic E-state index is 12.1. The third-order valence-electron chi connectivity index (χ3n) is 3.71. The van der Waals surface area contributed by atoms with E-state index in [9.17, 15) is 14.7 Å². The number of hydrogen-bond donors (Lipinski definition) is 1. The fourth-order valence-corrected chi connectivity index (χ4v) is 2.34. The highest BCUT2D eigenvalue weighted by Crippen LogP contribution is 2.22. The van der Waals surface area contributed by atoms with Crippen LogP contribution in [0.4, 0.5) is 0 Å². The molecular weight excluding hydrogens is 336 g/mol. The average Bonchev–Trinajstić information content (AvgIpc) is 3.15. The Bertz CT molecular complexity index is 906. The zero-order valence-electron chi connectivity index (χ0n) is 14.0. The van der Waals surface area contributed by atoms with E-state index in [1.165, 1.54) is 13.2 Å². The average molecular weight is 352 g/mol. The van der Waals surface area contributed by atoms with E-state index in [1.54, 1.807) is 54.6 Å². The summed E-state index contributed by atoms with van der Waals surface area (Å²) in [6, 6.07) is 16.7. The van der Waals surface area contributed by atoms with E-state index in [-0.39, 0.29) is 18.1 Å². The molecule has 0 fully saturated rings. The van der Waals surface area contributed by atoms with Gasteiger partial charge in [-0.3, -0.25) is 0 Å². The van der Waals surface area contributed by atoms with Gasteiger partial charge < -0.3 is 19.0 Å². The zero-order valence-corrected chi connectivity index (χ0v) is 14.0. The summed E-state index contributed by atoms with van der Waals surface area (Å²) in [5, 5.41) is 9.32. The van der Waals surface area contributed by atoms with E-state index in [0.717, 1.165) is 11.1 Å². The number of methoxy groups -OCH3 is 1. The molecule has 0 aliphatic heterocycles. The summed E-state index contributed by atoms with van der Waals surface area (Å²) in [6.45, 7) is -0.0878. The minimum Gasteiger partial charge on any atom is -0.508 e. The van der Waals surface area contributed by atoms with Gasteiger partial charge in [-0.25, -0.2) is 9.59 Å². The van der Waals surface area contributed by atoms with Crippen LogP contribution < -0.4 is 0 Å². The molecule has 1 N–H and O–H groups in total. The second-order valence-corrected chi connectivity index (χ2v) is 5.46. The lowest BCUT2D eigenvalue weighted by atomic mass is 10.0. The van der Waals surface area contributed by atoms with Gasteiger partial charge in [0.25, 0.3) is 0 Å². The van der Waals surface area contributed by atoms with Crippen LogP contribution in [0.15, 0.2) is 65.1 Å². The third kappa shape index (κ3) is 3.92. The van der Waals surface area contributed by atoms with Gasteiger partial charge in [0.1, 0.15) is 18.1 Å². The highest BCUT2D eigenvalue weighted by Gasteiger charge is 2.13. The lowest BCUT2D eigenvalue weighted by molar-refractivity contribution is 0.0438. The maximum absolute atomic E-state index is 12.1. The molecule has 0 aliphatic carbocycles. The molecule has 0 atom stereocenters. The number of carbonyl (C=O) groups is 2. The van der Waals surface area contributed by atoms with E-state index in [0.29, 0.717) is 11.3 Å². The summed E-state index contributed by atoms with van der Waals surface area (Å²) < 4.78 is 15.0. The normalized spacial score (nSPS) is 10.3. The van der Waals surface area contributed by atoms with Crippen molar-refractivity contribution in [1.82, 2.24) is 0 Å². The van der Waals surface area contributed by atoms with Crippen molar-refractivity contribution in [3.8, 4) is 16.9 Å². The van der Waals surface area contributed by atoms with Crippen LogP contribution in [-0.2, 0) is 16.1 Å². The molecular formula is C20H16O6. The fourth-order valence-electron chi connectivity index (χ4n) is 2.34. The molecule has 0 spiro atoms. The molecule has 26 heavy (non-hydrogen) atoms. The second kappa shape index (κ2) is 7.57. The second-order valence-electron chi connectivity index (χ2n) is 5.46. The van der Waals surface area contributed by atoms with Crippen LogP contribution in [0.3, 0.4) is 0 Å². The number of phenolic OH excluding ortho intramolecular Hbond substituents is 1. The summed E-state index contributed by atoms with van der Waals surface area (Å²) in [5.74, 6) is -0.496. The highest BCUT2D eigenvalue weighted by molar-refractivity contribution is 5.90. The van der Waals surface area contributed by atoms with Crippen molar-refractivity contribution in [2.24, 2.45) is 0 Å². The summed E-state index contributed by atoms with van der Waals surface area (Å²) >= 11 is 0. The van der Waals surface area contributed by atoms with Crippen molar-refractivity contribution < 1.29 is 28.6 Å². The monoisotopic (exact) mass is 352 g/mol. The predicted octanol–water partition coefficient (Wildman–Crippen LogP) is 3.80. The first-order valence-electron chi connectivity index (χ1n) is 7.80. The number of furan rings is 1. The van der Waals surface area contributed by atoms with Crippen LogP contribution in [0.2, 0.25) is 0 Å². The molecule has 1 aromatic heterocycles. The number of esters is 2. The Morgan fingerprint density at radius 1 is 0.885 bits per heavy atom. The van der Waals surface area contributed by atoms with Crippen molar-refractivity contribution in [2.75, 3.05) is 7.11 Å². The molecule has 0 radical (unpaired) electrons. The van der Waals surface area contributed by atoms with E-state index >= 15 is 0 Å². The molecule has 6 nitrogen and oxygen atoms in total. The fraction of sp³-hybridized carbons (Fsp3) is 0.100. The number of carbonyl (C=O) groups excluding carboxylic acids is 2. The Balaban J connectivity index is 1.62. The lowest BCUT2D eigenvalue weighted by Crippen LogP contribution is -2.04. The first-order valence-corrected chi connectivity index (χ1v) is 7.80. The minimum atomic E-state index is -0.590. The summed E-state index contributed by atoms with van der Waals surface area (Å²) in [4.78, 5) is 23.4. The largest absolute Gasteiger partial charge is 0.508 e. The standard InChI is InChI=1S/C20H16O6/c1-24-20(23)18-11-10-17(26-18)12-25-19(22)15-4-2-13(3-5-15)14-6-8-16(21)9-7-14/h2-11,21H,12H2,1H3. The Hall–Kier alpha value is -3.54. The van der Waals surface area contributed by atoms with Gasteiger partial charge in [-0.2, -0.15) is 0 Å². The van der Waals surface area contributed by atoms with Crippen LogP contribution in [0.5, 0.6) is 5.75 Å². The third-order valence-corrected chi connectivity index (χ3v) is 3.71. The topological polar surface area (TPSA) is 86.0 Å². The number of aromatic hydroxyl groups is 1. The SMILES string of the molecule is COC(=O)c1ccc(COC(=O)c2ccc(-c3ccc(O)cc3)cc2)o1. The Labute approximate surface area is 149 Å². The molecule has 0 aliphatic rings. The van der Waals surface area contributed by atoms with Crippen molar-refractivity contribution in [3.05, 3.63) is 77.7 Å². The first-order chi connectivity index (χ1) is 12.6. The quantitative estimate of drug-likeness (QED) is 0.703. The van der Waals surface area contributed by atoms with Crippen LogP contribution in [0, 0.1) is 0 Å². The molecule has 0 amide bonds. The maximum Gasteiger partial charge on any atom is 0.373 e. The van der Waals surface area contributed by atoms with Gasteiger partial charge in [0.15, 0.2) is 0 Å². The molecule has 1 heterocycles. The number of rotatable bonds is 5. The molecule has 6 heteroatoms. The summed E-state index contributed by atoms with van der Waals surface area (Å²) in [5.41, 5.74) is 2.23. The molecule has 3 aromatic rings. The number of benzene rings is 2. The van der Waals surface area contributed by atoms with Gasteiger partial charge in [-0.05, 0) is 47.5 Å². The summed E-state index contributed by atoms with van der Waals surface area (Å²) in [7, 11) is 1.26. The van der Waals surface area contributed by atoms with Gasteiger partial charge in [0, 0.05) is 0 Å². The zero-order chi connectivity index (χ0) is 18.5. The van der Waals surface area contributed by atoms with Gasteiger partial charge >= 0.3 is 11.9 Å². The Morgan fingerprint density at radius 2 is 1.50 bits per heavy atom. The molecule has 132 valence electrons. The number of phenols is 1. The lowest BCUT2D eigenvalue weighted by Gasteiger charge is -2.05. The number of hydrogen-bond acceptors (Lipinski definition) is 6. The van der Waals surface area contributed by atoms with Crippen LogP contribution >= 0.6 is 0 Å². The van der Waals surface area contributed by atoms with Gasteiger partial charge in [-0.15, -0.1) is 0 Å². The van der Waals surface area contributed by atoms with Crippen LogP contribution in [0.1, 0.15) is 26.7 Å². The molecule has 0 unspecified atom stereocenters. The van der Waals surface area contributed by atoms with E-state index in [4.69, 9.17) is 9.15 Å². The van der Waals surface area contributed by atoms with E-state index in [1.807, 2.05) is 0 Å². The van der Waals surface area contributed by atoms with E-state index < -0.39 is 11.9 Å². The predicted molar refractivity (Wildman–Crippen MR) is 92.7 cm³/mol. The molecule has 0 saturated heterocycles. The molecule has 0 saturated carbocycles. The van der Waals surface area contributed by atoms with Crippen molar-refractivity contribution in [1.29, 1.82) is 0 Å². The van der Waals surface area contributed by atoms with Gasteiger partial charge in [0.05, 0.1) is 12.7 Å². The van der Waals surface area contributed by atoms with Crippen LogP contribution in [-0.4, -0.2) is 24.2 Å². The summed E-state index contributed by atoms with van der Waals surface area (Å²) in [6.07, 6.45) is 0. The van der Waals surface area contributed by atoms with Crippen molar-refractivity contribution >= 4 is 11.9 Å². The molecule has 2 aromatic carbocycles. The Kier molecular flexibility index (Phi) is 5.03. The molecule has 0 bridgehead atoms. The van der Waals surface area contributed by atoms with Crippen molar-refractivity contribution in [3.63, 3.8) is 0 Å². The van der Waals surface area contributed by atoms with E-state index in [2.05, 4.69) is 4.74 Å². The minimum absolute atomic E-state index is 0.0526. The number of ether oxygens (including phenoxy) is 2. The smallest absolute Gasteiger partial charge is 0.373 e. The van der Waals surface area contributed by atoms with Crippen molar-refractivity contribution in [2.45, 2.75) is 6.61 Å². The first kappa shape index (κ1) is 17.3. The Morgan fingerprint density at radius 3 is 2.12 bits per heavy atom. The molecule has 3 rings (SSSR count). The highest BCUT2D eigenvalue weighted by atomic mass is 16.5. The van der Waals surface area contributed by atoms with Gasteiger partial charge in [-0.1, -0.05) is 24.3 Å².